The standard InChI is InChI=1S/C20H17Cl2N7O/c21-12-2-1-3-13(22)17(12)19-26-14-4-6-23-20(18(14)28-19)27-15-8-16(25-10-24-15)29-7-5-11(30)9-29/h1-4,6,8,10-11,30H,5,7,9H2,(H,26,28)(H,23,24,25,27)/t11-/m0/s1. The largest absolute Gasteiger partial charge is 0.391 e. The van der Waals surface area contributed by atoms with Crippen LogP contribution in [0.4, 0.5) is 17.5 Å². The molecule has 1 fully saturated rings. The van der Waals surface area contributed by atoms with E-state index in [1.807, 2.05) is 17.0 Å². The number of nitrogens with one attached hydrogen (secondary N) is 2. The second-order valence-electron chi connectivity index (χ2n) is 7.01. The summed E-state index contributed by atoms with van der Waals surface area (Å²) in [5.74, 6) is 2.48. The fourth-order valence-electron chi connectivity index (χ4n) is 3.53. The van der Waals surface area contributed by atoms with E-state index in [2.05, 4.69) is 30.2 Å². The molecule has 1 aromatic carbocycles. The number of pyridine rings is 1. The van der Waals surface area contributed by atoms with Crippen molar-refractivity contribution in [1.29, 1.82) is 0 Å². The molecule has 3 N–H and O–H groups in total. The maximum atomic E-state index is 9.78. The van der Waals surface area contributed by atoms with Gasteiger partial charge in [-0.05, 0) is 24.6 Å². The second-order valence-corrected chi connectivity index (χ2v) is 7.83. The van der Waals surface area contributed by atoms with Crippen LogP contribution >= 0.6 is 23.2 Å². The van der Waals surface area contributed by atoms with E-state index in [1.54, 1.807) is 24.4 Å². The van der Waals surface area contributed by atoms with Gasteiger partial charge in [-0.25, -0.2) is 19.9 Å². The van der Waals surface area contributed by atoms with Crippen LogP contribution in [-0.2, 0) is 0 Å². The number of β-amino-alcohol motifs (C(OH)–C–C–N with tert-alkyl or cyclic N) is 1. The van der Waals surface area contributed by atoms with Gasteiger partial charge in [-0.3, -0.25) is 0 Å². The first kappa shape index (κ1) is 19.0. The molecule has 0 aliphatic carbocycles. The highest BCUT2D eigenvalue weighted by Crippen LogP contribution is 2.35. The highest BCUT2D eigenvalue weighted by molar-refractivity contribution is 6.39. The zero-order valence-corrected chi connectivity index (χ0v) is 17.2. The lowest BCUT2D eigenvalue weighted by atomic mass is 10.2. The number of aliphatic hydroxyl groups is 1. The highest BCUT2D eigenvalue weighted by Gasteiger charge is 2.22. The van der Waals surface area contributed by atoms with Gasteiger partial charge in [0, 0.05) is 25.4 Å². The van der Waals surface area contributed by atoms with Crippen molar-refractivity contribution in [3.63, 3.8) is 0 Å². The molecule has 10 heteroatoms. The molecule has 0 radical (unpaired) electrons. The van der Waals surface area contributed by atoms with E-state index in [9.17, 15) is 5.11 Å². The average Bonchev–Trinajstić information content (AvgIpc) is 3.35. The van der Waals surface area contributed by atoms with Gasteiger partial charge >= 0.3 is 0 Å². The van der Waals surface area contributed by atoms with Crippen LogP contribution in [0.25, 0.3) is 22.4 Å². The Balaban J connectivity index is 1.49. The van der Waals surface area contributed by atoms with Gasteiger partial charge in [0.1, 0.15) is 29.3 Å². The number of nitrogens with zero attached hydrogens (tertiary/aromatic N) is 5. The molecule has 4 heterocycles. The third-order valence-electron chi connectivity index (χ3n) is 4.99. The molecule has 1 aliphatic heterocycles. The molecule has 1 atom stereocenters. The topological polar surface area (TPSA) is 103 Å². The number of halogens is 2. The number of anilines is 3. The Morgan fingerprint density at radius 3 is 2.73 bits per heavy atom. The van der Waals surface area contributed by atoms with Crippen LogP contribution in [-0.4, -0.2) is 49.2 Å². The number of H-pyrrole nitrogens is 1. The number of rotatable bonds is 4. The van der Waals surface area contributed by atoms with Crippen LogP contribution in [0.5, 0.6) is 0 Å². The van der Waals surface area contributed by atoms with Gasteiger partial charge in [0.15, 0.2) is 5.82 Å². The smallest absolute Gasteiger partial charge is 0.157 e. The summed E-state index contributed by atoms with van der Waals surface area (Å²) >= 11 is 12.7. The normalized spacial score (nSPS) is 16.4. The monoisotopic (exact) mass is 441 g/mol. The summed E-state index contributed by atoms with van der Waals surface area (Å²) in [6, 6.07) is 8.97. The number of aromatic amines is 1. The van der Waals surface area contributed by atoms with Crippen LogP contribution < -0.4 is 10.2 Å². The van der Waals surface area contributed by atoms with Crippen LogP contribution in [0, 0.1) is 0 Å². The molecule has 0 amide bonds. The molecule has 152 valence electrons. The van der Waals surface area contributed by atoms with Crippen molar-refractivity contribution in [2.45, 2.75) is 12.5 Å². The van der Waals surface area contributed by atoms with Gasteiger partial charge in [0.05, 0.1) is 27.2 Å². The van der Waals surface area contributed by atoms with E-state index in [4.69, 9.17) is 23.2 Å². The van der Waals surface area contributed by atoms with Crippen molar-refractivity contribution in [2.75, 3.05) is 23.3 Å². The molecule has 0 unspecified atom stereocenters. The molecule has 4 aromatic rings. The van der Waals surface area contributed by atoms with Crippen molar-refractivity contribution in [2.24, 2.45) is 0 Å². The SMILES string of the molecule is O[C@H]1CCN(c2cc(Nc3nccc4nc(-c5c(Cl)cccc5Cl)[nH]c34)ncn2)C1. The highest BCUT2D eigenvalue weighted by atomic mass is 35.5. The zero-order valence-electron chi connectivity index (χ0n) is 15.7. The Morgan fingerprint density at radius 1 is 1.13 bits per heavy atom. The number of fused-ring (bicyclic) bond motifs is 1. The number of aliphatic hydroxyl groups excluding tert-OH is 1. The van der Waals surface area contributed by atoms with Gasteiger partial charge in [-0.1, -0.05) is 29.3 Å². The first-order valence-electron chi connectivity index (χ1n) is 9.39. The number of aromatic nitrogens is 5. The van der Waals surface area contributed by atoms with Crippen LogP contribution in [0.15, 0.2) is 42.9 Å². The van der Waals surface area contributed by atoms with Gasteiger partial charge in [-0.15, -0.1) is 0 Å². The van der Waals surface area contributed by atoms with Crippen molar-refractivity contribution in [3.05, 3.63) is 52.9 Å². The first-order valence-corrected chi connectivity index (χ1v) is 10.2. The summed E-state index contributed by atoms with van der Waals surface area (Å²) in [7, 11) is 0. The third-order valence-corrected chi connectivity index (χ3v) is 5.62. The lowest BCUT2D eigenvalue weighted by molar-refractivity contribution is 0.198. The fourth-order valence-corrected chi connectivity index (χ4v) is 4.11. The average molecular weight is 442 g/mol. The van der Waals surface area contributed by atoms with E-state index in [1.165, 1.54) is 6.33 Å². The fraction of sp³-hybridized carbons (Fsp3) is 0.200. The summed E-state index contributed by atoms with van der Waals surface area (Å²) in [6.07, 6.45) is 3.56. The number of benzene rings is 1. The minimum Gasteiger partial charge on any atom is -0.391 e. The predicted molar refractivity (Wildman–Crippen MR) is 117 cm³/mol. The Morgan fingerprint density at radius 2 is 1.97 bits per heavy atom. The predicted octanol–water partition coefficient (Wildman–Crippen LogP) is 4.04. The Bertz CT molecular complexity index is 1210. The van der Waals surface area contributed by atoms with Crippen molar-refractivity contribution < 1.29 is 5.11 Å². The molecule has 5 rings (SSSR count). The Kier molecular flexibility index (Phi) is 4.90. The molecule has 0 saturated carbocycles. The minimum atomic E-state index is -0.327. The molecule has 8 nitrogen and oxygen atoms in total. The van der Waals surface area contributed by atoms with E-state index < -0.39 is 0 Å². The van der Waals surface area contributed by atoms with Gasteiger partial charge in [-0.2, -0.15) is 0 Å². The minimum absolute atomic E-state index is 0.327. The van der Waals surface area contributed by atoms with Gasteiger partial charge in [0.25, 0.3) is 0 Å². The van der Waals surface area contributed by atoms with Crippen LogP contribution in [0.3, 0.4) is 0 Å². The summed E-state index contributed by atoms with van der Waals surface area (Å²) in [4.78, 5) is 23.0. The van der Waals surface area contributed by atoms with Gasteiger partial charge in [0.2, 0.25) is 0 Å². The van der Waals surface area contributed by atoms with Crippen molar-refractivity contribution in [3.8, 4) is 11.4 Å². The maximum Gasteiger partial charge on any atom is 0.157 e. The van der Waals surface area contributed by atoms with Crippen LogP contribution in [0.2, 0.25) is 10.0 Å². The summed E-state index contributed by atoms with van der Waals surface area (Å²) in [6.45, 7) is 1.32. The molecular formula is C20H17Cl2N7O. The molecular weight excluding hydrogens is 425 g/mol. The molecule has 1 aliphatic rings. The zero-order chi connectivity index (χ0) is 20.7. The number of imidazole rings is 1. The lowest BCUT2D eigenvalue weighted by Gasteiger charge is -2.17. The van der Waals surface area contributed by atoms with E-state index >= 15 is 0 Å². The van der Waals surface area contributed by atoms with Crippen LogP contribution in [0.1, 0.15) is 6.42 Å². The summed E-state index contributed by atoms with van der Waals surface area (Å²) < 4.78 is 0. The number of hydrogen-bond donors (Lipinski definition) is 3. The van der Waals surface area contributed by atoms with Crippen molar-refractivity contribution in [1.82, 2.24) is 24.9 Å². The number of hydrogen-bond acceptors (Lipinski definition) is 7. The molecule has 0 spiro atoms. The van der Waals surface area contributed by atoms with Gasteiger partial charge < -0.3 is 20.3 Å². The second kappa shape index (κ2) is 7.71. The maximum absolute atomic E-state index is 9.78. The molecule has 3 aromatic heterocycles. The van der Waals surface area contributed by atoms with E-state index in [0.29, 0.717) is 45.1 Å². The summed E-state index contributed by atoms with van der Waals surface area (Å²) in [5.41, 5.74) is 2.07. The first-order chi connectivity index (χ1) is 14.6. The lowest BCUT2D eigenvalue weighted by Crippen LogP contribution is -2.22. The Labute approximate surface area is 181 Å². The molecule has 0 bridgehead atoms. The summed E-state index contributed by atoms with van der Waals surface area (Å²) in [5, 5.41) is 14.0. The van der Waals surface area contributed by atoms with E-state index in [-0.39, 0.29) is 6.10 Å². The van der Waals surface area contributed by atoms with E-state index in [0.717, 1.165) is 24.3 Å². The quantitative estimate of drug-likeness (QED) is 0.439. The molecule has 30 heavy (non-hydrogen) atoms. The third kappa shape index (κ3) is 3.54. The molecule has 1 saturated heterocycles. The van der Waals surface area contributed by atoms with Crippen molar-refractivity contribution >= 4 is 51.7 Å². The Hall–Kier alpha value is -2.94.